The zero-order chi connectivity index (χ0) is 16.4. The molecule has 0 bridgehead atoms. The summed E-state index contributed by atoms with van der Waals surface area (Å²) >= 11 is 0. The lowest BCUT2D eigenvalue weighted by Gasteiger charge is -2.12. The van der Waals surface area contributed by atoms with Gasteiger partial charge in [-0.05, 0) is 18.1 Å². The van der Waals surface area contributed by atoms with Crippen molar-refractivity contribution < 1.29 is 18.0 Å². The van der Waals surface area contributed by atoms with Gasteiger partial charge in [-0.15, -0.1) is 5.10 Å². The maximum atomic E-state index is 13.0. The van der Waals surface area contributed by atoms with E-state index in [1.807, 2.05) is 0 Å². The fraction of sp³-hybridized carbons (Fsp3) is 0.400. The van der Waals surface area contributed by atoms with E-state index in [1.165, 1.54) is 23.0 Å². The summed E-state index contributed by atoms with van der Waals surface area (Å²) in [5, 5.41) is 10.2. The minimum absolute atomic E-state index is 0.197. The predicted octanol–water partition coefficient (Wildman–Crippen LogP) is 2.36. The van der Waals surface area contributed by atoms with Gasteiger partial charge in [0.05, 0.1) is 18.3 Å². The highest BCUT2D eigenvalue weighted by molar-refractivity contribution is 5.76. The molecule has 1 heterocycles. The standard InChI is InChI=1S/C15H15F3N4O/c16-15(17,18)12-4-2-1-3-10(12)11-9-13(11)20-14(23)5-7-22-8-6-19-21-22/h1-4,6,8,11,13H,5,7,9H2,(H,20,23)/t11-,13-/m1/s1. The maximum absolute atomic E-state index is 13.0. The van der Waals surface area contributed by atoms with Crippen LogP contribution in [0, 0.1) is 0 Å². The summed E-state index contributed by atoms with van der Waals surface area (Å²) in [5.41, 5.74) is -0.369. The van der Waals surface area contributed by atoms with Gasteiger partial charge in [-0.2, -0.15) is 13.2 Å². The Morgan fingerprint density at radius 2 is 2.13 bits per heavy atom. The third-order valence-electron chi connectivity index (χ3n) is 3.84. The van der Waals surface area contributed by atoms with E-state index in [0.29, 0.717) is 13.0 Å². The molecule has 1 N–H and O–H groups in total. The molecule has 1 aromatic carbocycles. The zero-order valence-electron chi connectivity index (χ0n) is 12.1. The summed E-state index contributed by atoms with van der Waals surface area (Å²) < 4.78 is 40.5. The summed E-state index contributed by atoms with van der Waals surface area (Å²) in [5.74, 6) is -0.472. The van der Waals surface area contributed by atoms with Crippen LogP contribution in [-0.2, 0) is 17.5 Å². The van der Waals surface area contributed by atoms with E-state index in [2.05, 4.69) is 15.6 Å². The number of aromatic nitrogens is 3. The van der Waals surface area contributed by atoms with Crippen LogP contribution < -0.4 is 5.32 Å². The molecule has 0 aliphatic heterocycles. The Bertz CT molecular complexity index is 684. The molecule has 2 atom stereocenters. The van der Waals surface area contributed by atoms with Gasteiger partial charge in [0.1, 0.15) is 0 Å². The molecule has 1 aromatic heterocycles. The summed E-state index contributed by atoms with van der Waals surface area (Å²) in [6.45, 7) is 0.391. The monoisotopic (exact) mass is 324 g/mol. The number of halogens is 3. The van der Waals surface area contributed by atoms with Gasteiger partial charge in [0.15, 0.2) is 0 Å². The van der Waals surface area contributed by atoms with Crippen molar-refractivity contribution in [3.63, 3.8) is 0 Å². The molecule has 1 saturated carbocycles. The second kappa shape index (κ2) is 6.02. The number of rotatable bonds is 5. The van der Waals surface area contributed by atoms with Crippen molar-refractivity contribution >= 4 is 5.91 Å². The normalized spacial score (nSPS) is 20.3. The first-order valence-electron chi connectivity index (χ1n) is 7.25. The van der Waals surface area contributed by atoms with Crippen LogP contribution in [-0.4, -0.2) is 26.9 Å². The van der Waals surface area contributed by atoms with Crippen molar-refractivity contribution in [1.82, 2.24) is 20.3 Å². The van der Waals surface area contributed by atoms with Gasteiger partial charge < -0.3 is 5.32 Å². The molecule has 1 aliphatic carbocycles. The van der Waals surface area contributed by atoms with Crippen LogP contribution in [0.25, 0.3) is 0 Å². The molecule has 23 heavy (non-hydrogen) atoms. The molecule has 2 aromatic rings. The van der Waals surface area contributed by atoms with Gasteiger partial charge in [-0.3, -0.25) is 9.48 Å². The van der Waals surface area contributed by atoms with Gasteiger partial charge in [0.2, 0.25) is 5.91 Å². The lowest BCUT2D eigenvalue weighted by Crippen LogP contribution is -2.27. The Hall–Kier alpha value is -2.38. The third kappa shape index (κ3) is 3.69. The Labute approximate surface area is 130 Å². The molecule has 122 valence electrons. The topological polar surface area (TPSA) is 59.8 Å². The van der Waals surface area contributed by atoms with Crippen LogP contribution in [0.5, 0.6) is 0 Å². The molecule has 8 heteroatoms. The molecule has 0 unspecified atom stereocenters. The van der Waals surface area contributed by atoms with Crippen molar-refractivity contribution in [1.29, 1.82) is 0 Å². The molecule has 1 aliphatic rings. The quantitative estimate of drug-likeness (QED) is 0.918. The highest BCUT2D eigenvalue weighted by Crippen LogP contribution is 2.46. The number of alkyl halides is 3. The van der Waals surface area contributed by atoms with Crippen molar-refractivity contribution in [3.05, 3.63) is 47.8 Å². The molecule has 5 nitrogen and oxygen atoms in total. The van der Waals surface area contributed by atoms with Crippen molar-refractivity contribution in [2.45, 2.75) is 37.5 Å². The fourth-order valence-electron chi connectivity index (χ4n) is 2.62. The highest BCUT2D eigenvalue weighted by atomic mass is 19.4. The average Bonchev–Trinajstić information content (AvgIpc) is 3.06. The van der Waals surface area contributed by atoms with Crippen LogP contribution in [0.3, 0.4) is 0 Å². The van der Waals surface area contributed by atoms with E-state index in [0.717, 1.165) is 6.07 Å². The van der Waals surface area contributed by atoms with E-state index in [-0.39, 0.29) is 29.9 Å². The number of nitrogens with zero attached hydrogens (tertiary/aromatic N) is 3. The second-order valence-electron chi connectivity index (χ2n) is 5.52. The van der Waals surface area contributed by atoms with E-state index < -0.39 is 11.7 Å². The Balaban J connectivity index is 1.57. The number of hydrogen-bond acceptors (Lipinski definition) is 3. The van der Waals surface area contributed by atoms with E-state index >= 15 is 0 Å². The molecule has 3 rings (SSSR count). The maximum Gasteiger partial charge on any atom is 0.416 e. The van der Waals surface area contributed by atoms with Crippen LogP contribution in [0.1, 0.15) is 29.9 Å². The van der Waals surface area contributed by atoms with Crippen molar-refractivity contribution in [2.24, 2.45) is 0 Å². The molecule has 0 saturated heterocycles. The van der Waals surface area contributed by atoms with Crippen molar-refractivity contribution in [3.8, 4) is 0 Å². The minimum Gasteiger partial charge on any atom is -0.353 e. The zero-order valence-corrected chi connectivity index (χ0v) is 12.1. The molecular formula is C15H15F3N4O. The highest BCUT2D eigenvalue weighted by Gasteiger charge is 2.44. The van der Waals surface area contributed by atoms with Gasteiger partial charge in [-0.25, -0.2) is 0 Å². The van der Waals surface area contributed by atoms with E-state index in [4.69, 9.17) is 0 Å². The van der Waals surface area contributed by atoms with Crippen LogP contribution in [0.4, 0.5) is 13.2 Å². The number of hydrogen-bond donors (Lipinski definition) is 1. The number of carbonyl (C=O) groups excluding carboxylic acids is 1. The summed E-state index contributed by atoms with van der Waals surface area (Å²) in [7, 11) is 0. The summed E-state index contributed by atoms with van der Waals surface area (Å²) in [4.78, 5) is 11.9. The fourth-order valence-corrected chi connectivity index (χ4v) is 2.62. The number of aryl methyl sites for hydroxylation is 1. The Morgan fingerprint density at radius 1 is 1.35 bits per heavy atom. The molecule has 1 amide bonds. The van der Waals surface area contributed by atoms with Crippen LogP contribution in [0.15, 0.2) is 36.7 Å². The molecule has 0 spiro atoms. The Kier molecular flexibility index (Phi) is 4.06. The van der Waals surface area contributed by atoms with Crippen molar-refractivity contribution in [2.75, 3.05) is 0 Å². The van der Waals surface area contributed by atoms with E-state index in [9.17, 15) is 18.0 Å². The second-order valence-corrected chi connectivity index (χ2v) is 5.52. The van der Waals surface area contributed by atoms with Crippen LogP contribution in [0.2, 0.25) is 0 Å². The minimum atomic E-state index is -4.37. The summed E-state index contributed by atoms with van der Waals surface area (Å²) in [6, 6.07) is 5.29. The number of carbonyl (C=O) groups is 1. The smallest absolute Gasteiger partial charge is 0.353 e. The SMILES string of the molecule is O=C(CCn1ccnn1)N[C@@H]1C[C@@H]1c1ccccc1C(F)(F)F. The first-order chi connectivity index (χ1) is 10.9. The molecule has 0 radical (unpaired) electrons. The predicted molar refractivity (Wildman–Crippen MR) is 75.4 cm³/mol. The molecule has 1 fully saturated rings. The van der Waals surface area contributed by atoms with Gasteiger partial charge in [0.25, 0.3) is 0 Å². The van der Waals surface area contributed by atoms with Gasteiger partial charge >= 0.3 is 6.18 Å². The largest absolute Gasteiger partial charge is 0.416 e. The lowest BCUT2D eigenvalue weighted by atomic mass is 10.0. The number of amides is 1. The van der Waals surface area contributed by atoms with Gasteiger partial charge in [-0.1, -0.05) is 23.4 Å². The van der Waals surface area contributed by atoms with Gasteiger partial charge in [0, 0.05) is 24.6 Å². The third-order valence-corrected chi connectivity index (χ3v) is 3.84. The molecular weight excluding hydrogens is 309 g/mol. The lowest BCUT2D eigenvalue weighted by molar-refractivity contribution is -0.138. The Morgan fingerprint density at radius 3 is 2.83 bits per heavy atom. The first-order valence-corrected chi connectivity index (χ1v) is 7.25. The first kappa shape index (κ1) is 15.5. The van der Waals surface area contributed by atoms with Crippen LogP contribution >= 0.6 is 0 Å². The number of nitrogens with one attached hydrogen (secondary N) is 1. The van der Waals surface area contributed by atoms with E-state index in [1.54, 1.807) is 12.3 Å². The number of benzene rings is 1. The average molecular weight is 324 g/mol. The summed E-state index contributed by atoms with van der Waals surface area (Å²) in [6.07, 6.45) is -0.466.